The van der Waals surface area contributed by atoms with Crippen LogP contribution in [0.1, 0.15) is 17.5 Å². The second-order valence-electron chi connectivity index (χ2n) is 4.78. The van der Waals surface area contributed by atoms with Crippen molar-refractivity contribution in [2.45, 2.75) is 25.6 Å². The van der Waals surface area contributed by atoms with Crippen LogP contribution in [0.3, 0.4) is 0 Å². The molecule has 0 saturated carbocycles. The van der Waals surface area contributed by atoms with Crippen molar-refractivity contribution in [3.05, 3.63) is 29.3 Å². The van der Waals surface area contributed by atoms with Gasteiger partial charge in [0.25, 0.3) is 0 Å². The summed E-state index contributed by atoms with van der Waals surface area (Å²) in [6.45, 7) is 3.13. The predicted molar refractivity (Wildman–Crippen MR) is 71.6 cm³/mol. The molecule has 2 rings (SSSR count). The lowest BCUT2D eigenvalue weighted by atomic mass is 10.1. The third kappa shape index (κ3) is 3.02. The molecule has 4 nitrogen and oxygen atoms in total. The number of rotatable bonds is 5. The van der Waals surface area contributed by atoms with Gasteiger partial charge in [-0.25, -0.2) is 0 Å². The fourth-order valence-corrected chi connectivity index (χ4v) is 2.35. The van der Waals surface area contributed by atoms with Gasteiger partial charge < -0.3 is 15.2 Å². The van der Waals surface area contributed by atoms with Crippen molar-refractivity contribution in [3.8, 4) is 5.75 Å². The van der Waals surface area contributed by atoms with E-state index in [4.69, 9.17) is 15.2 Å². The summed E-state index contributed by atoms with van der Waals surface area (Å²) >= 11 is 0. The zero-order chi connectivity index (χ0) is 13.0. The second-order valence-corrected chi connectivity index (χ2v) is 4.78. The summed E-state index contributed by atoms with van der Waals surface area (Å²) in [4.78, 5) is 2.32. The number of hydrogen-bond donors (Lipinski definition) is 1. The number of benzene rings is 1. The number of hydrogen-bond acceptors (Lipinski definition) is 4. The smallest absolute Gasteiger partial charge is 0.123 e. The SMILES string of the molecule is COc1ccc(CN)cc1CN(C)C1CCOC1. The first-order valence-corrected chi connectivity index (χ1v) is 6.38. The van der Waals surface area contributed by atoms with E-state index in [0.717, 1.165) is 37.5 Å². The van der Waals surface area contributed by atoms with Crippen LogP contribution in [0.5, 0.6) is 5.75 Å². The first kappa shape index (κ1) is 13.3. The Kier molecular flexibility index (Phi) is 4.58. The quantitative estimate of drug-likeness (QED) is 0.857. The number of methoxy groups -OCH3 is 1. The summed E-state index contributed by atoms with van der Waals surface area (Å²) in [5.41, 5.74) is 8.02. The highest BCUT2D eigenvalue weighted by molar-refractivity contribution is 5.37. The molecule has 1 atom stereocenters. The predicted octanol–water partition coefficient (Wildman–Crippen LogP) is 1.37. The van der Waals surface area contributed by atoms with Crippen molar-refractivity contribution in [2.24, 2.45) is 5.73 Å². The van der Waals surface area contributed by atoms with Crippen molar-refractivity contribution in [1.82, 2.24) is 4.90 Å². The highest BCUT2D eigenvalue weighted by atomic mass is 16.5. The number of likely N-dealkylation sites (N-methyl/N-ethyl adjacent to an activating group) is 1. The topological polar surface area (TPSA) is 47.7 Å². The maximum atomic E-state index is 5.69. The summed E-state index contributed by atoms with van der Waals surface area (Å²) in [5.74, 6) is 0.929. The Morgan fingerprint density at radius 1 is 1.50 bits per heavy atom. The molecule has 4 heteroatoms. The first-order chi connectivity index (χ1) is 8.74. The minimum atomic E-state index is 0.510. The Labute approximate surface area is 109 Å². The van der Waals surface area contributed by atoms with Gasteiger partial charge in [-0.1, -0.05) is 6.07 Å². The number of nitrogens with zero attached hydrogens (tertiary/aromatic N) is 1. The zero-order valence-electron chi connectivity index (χ0n) is 11.2. The van der Waals surface area contributed by atoms with Gasteiger partial charge in [0.05, 0.1) is 13.7 Å². The summed E-state index contributed by atoms with van der Waals surface area (Å²) in [6, 6.07) is 6.65. The van der Waals surface area contributed by atoms with Crippen LogP contribution in [-0.2, 0) is 17.8 Å². The maximum Gasteiger partial charge on any atom is 0.123 e. The maximum absolute atomic E-state index is 5.69. The molecular formula is C14H22N2O2. The van der Waals surface area contributed by atoms with Gasteiger partial charge in [0.1, 0.15) is 5.75 Å². The van der Waals surface area contributed by atoms with Gasteiger partial charge in [-0.2, -0.15) is 0 Å². The van der Waals surface area contributed by atoms with Crippen molar-refractivity contribution < 1.29 is 9.47 Å². The molecule has 1 aliphatic rings. The van der Waals surface area contributed by atoms with Crippen LogP contribution < -0.4 is 10.5 Å². The van der Waals surface area contributed by atoms with Gasteiger partial charge in [-0.3, -0.25) is 4.90 Å². The van der Waals surface area contributed by atoms with E-state index in [2.05, 4.69) is 18.0 Å². The first-order valence-electron chi connectivity index (χ1n) is 6.38. The molecule has 1 unspecified atom stereocenters. The van der Waals surface area contributed by atoms with Crippen LogP contribution in [-0.4, -0.2) is 38.3 Å². The Morgan fingerprint density at radius 3 is 2.94 bits per heavy atom. The second kappa shape index (κ2) is 6.18. The van der Waals surface area contributed by atoms with E-state index in [1.807, 2.05) is 12.1 Å². The van der Waals surface area contributed by atoms with E-state index in [1.54, 1.807) is 7.11 Å². The molecule has 0 aliphatic carbocycles. The van der Waals surface area contributed by atoms with Gasteiger partial charge in [0.15, 0.2) is 0 Å². The molecule has 1 aromatic rings. The molecule has 1 heterocycles. The van der Waals surface area contributed by atoms with E-state index >= 15 is 0 Å². The van der Waals surface area contributed by atoms with Gasteiger partial charge >= 0.3 is 0 Å². The third-order valence-electron chi connectivity index (χ3n) is 3.53. The van der Waals surface area contributed by atoms with E-state index in [-0.39, 0.29) is 0 Å². The molecule has 1 aliphatic heterocycles. The normalized spacial score (nSPS) is 19.4. The molecule has 2 N–H and O–H groups in total. The fraction of sp³-hybridized carbons (Fsp3) is 0.571. The highest BCUT2D eigenvalue weighted by Crippen LogP contribution is 2.23. The largest absolute Gasteiger partial charge is 0.496 e. The Hall–Kier alpha value is -1.10. The lowest BCUT2D eigenvalue weighted by Crippen LogP contribution is -2.31. The third-order valence-corrected chi connectivity index (χ3v) is 3.53. The summed E-state index contributed by atoms with van der Waals surface area (Å²) in [5, 5.41) is 0. The molecule has 1 saturated heterocycles. The summed E-state index contributed by atoms with van der Waals surface area (Å²) in [7, 11) is 3.84. The minimum Gasteiger partial charge on any atom is -0.496 e. The Morgan fingerprint density at radius 2 is 2.33 bits per heavy atom. The van der Waals surface area contributed by atoms with Crippen molar-refractivity contribution in [3.63, 3.8) is 0 Å². The molecule has 18 heavy (non-hydrogen) atoms. The molecule has 0 spiro atoms. The molecule has 1 aromatic carbocycles. The van der Waals surface area contributed by atoms with Crippen LogP contribution in [0.15, 0.2) is 18.2 Å². The molecule has 0 bridgehead atoms. The van der Waals surface area contributed by atoms with Gasteiger partial charge in [0, 0.05) is 31.3 Å². The summed E-state index contributed by atoms with van der Waals surface area (Å²) in [6.07, 6.45) is 1.11. The van der Waals surface area contributed by atoms with Crippen LogP contribution in [0.25, 0.3) is 0 Å². The lowest BCUT2D eigenvalue weighted by molar-refractivity contribution is 0.156. The van der Waals surface area contributed by atoms with Crippen molar-refractivity contribution in [1.29, 1.82) is 0 Å². The van der Waals surface area contributed by atoms with Gasteiger partial charge in [0.2, 0.25) is 0 Å². The standard InChI is InChI=1S/C14H22N2O2/c1-16(13-5-6-18-10-13)9-12-7-11(8-15)3-4-14(12)17-2/h3-4,7,13H,5-6,8-10,15H2,1-2H3. The average molecular weight is 250 g/mol. The van der Waals surface area contributed by atoms with E-state index in [9.17, 15) is 0 Å². The molecule has 1 fully saturated rings. The number of ether oxygens (including phenoxy) is 2. The van der Waals surface area contributed by atoms with Crippen molar-refractivity contribution in [2.75, 3.05) is 27.4 Å². The Bertz CT molecular complexity index is 389. The Balaban J connectivity index is 2.10. The zero-order valence-corrected chi connectivity index (χ0v) is 11.2. The van der Waals surface area contributed by atoms with Crippen LogP contribution in [0.4, 0.5) is 0 Å². The minimum absolute atomic E-state index is 0.510. The van der Waals surface area contributed by atoms with Crippen LogP contribution >= 0.6 is 0 Å². The van der Waals surface area contributed by atoms with E-state index in [0.29, 0.717) is 12.6 Å². The average Bonchev–Trinajstić information content (AvgIpc) is 2.92. The van der Waals surface area contributed by atoms with Crippen LogP contribution in [0.2, 0.25) is 0 Å². The number of nitrogens with two attached hydrogens (primary N) is 1. The molecular weight excluding hydrogens is 228 g/mol. The summed E-state index contributed by atoms with van der Waals surface area (Å²) < 4.78 is 10.8. The fourth-order valence-electron chi connectivity index (χ4n) is 2.35. The van der Waals surface area contributed by atoms with E-state index in [1.165, 1.54) is 5.56 Å². The van der Waals surface area contributed by atoms with Gasteiger partial charge in [-0.05, 0) is 31.2 Å². The lowest BCUT2D eigenvalue weighted by Gasteiger charge is -2.24. The molecule has 100 valence electrons. The van der Waals surface area contributed by atoms with Crippen LogP contribution in [0, 0.1) is 0 Å². The van der Waals surface area contributed by atoms with Gasteiger partial charge in [-0.15, -0.1) is 0 Å². The molecule has 0 aromatic heterocycles. The molecule has 0 amide bonds. The van der Waals surface area contributed by atoms with Crippen molar-refractivity contribution >= 4 is 0 Å². The van der Waals surface area contributed by atoms with E-state index < -0.39 is 0 Å². The molecule has 0 radical (unpaired) electrons. The highest BCUT2D eigenvalue weighted by Gasteiger charge is 2.21. The monoisotopic (exact) mass is 250 g/mol.